The molecule has 0 aromatic carbocycles. The van der Waals surface area contributed by atoms with Gasteiger partial charge in [0.1, 0.15) is 6.07 Å². The third-order valence-corrected chi connectivity index (χ3v) is 1.62. The highest BCUT2D eigenvalue weighted by atomic mass is 19.4. The maximum absolute atomic E-state index is 12.0. The van der Waals surface area contributed by atoms with E-state index in [0.29, 0.717) is 0 Å². The molecular formula is C9H4F3N3O. The van der Waals surface area contributed by atoms with E-state index < -0.39 is 12.1 Å². The van der Waals surface area contributed by atoms with E-state index in [1.807, 2.05) is 0 Å². The molecule has 0 N–H and O–H groups in total. The van der Waals surface area contributed by atoms with Gasteiger partial charge in [0.05, 0.1) is 24.3 Å². The summed E-state index contributed by atoms with van der Waals surface area (Å²) in [7, 11) is 0. The van der Waals surface area contributed by atoms with Gasteiger partial charge in [-0.15, -0.1) is 13.2 Å². The predicted molar refractivity (Wildman–Crippen MR) is 45.0 cm³/mol. The first kappa shape index (κ1) is 11.8. The second-order valence-electron chi connectivity index (χ2n) is 2.66. The molecule has 4 nitrogen and oxygen atoms in total. The van der Waals surface area contributed by atoms with Gasteiger partial charge in [-0.25, -0.2) is 0 Å². The molecule has 0 saturated carbocycles. The maximum atomic E-state index is 12.0. The van der Waals surface area contributed by atoms with Crippen LogP contribution in [0.5, 0.6) is 5.75 Å². The van der Waals surface area contributed by atoms with Gasteiger partial charge in [-0.2, -0.15) is 10.5 Å². The third-order valence-electron chi connectivity index (χ3n) is 1.62. The predicted octanol–water partition coefficient (Wildman–Crippen LogP) is 1.92. The summed E-state index contributed by atoms with van der Waals surface area (Å²) in [5, 5.41) is 17.1. The molecule has 0 aliphatic carbocycles. The lowest BCUT2D eigenvalue weighted by Gasteiger charge is -2.11. The summed E-state index contributed by atoms with van der Waals surface area (Å²) in [6, 6.07) is 3.30. The van der Waals surface area contributed by atoms with Crippen LogP contribution in [0.3, 0.4) is 0 Å². The summed E-state index contributed by atoms with van der Waals surface area (Å²) < 4.78 is 39.6. The van der Waals surface area contributed by atoms with E-state index in [4.69, 9.17) is 10.5 Å². The van der Waals surface area contributed by atoms with Crippen LogP contribution in [0.4, 0.5) is 13.2 Å². The quantitative estimate of drug-likeness (QED) is 0.773. The molecule has 0 aliphatic heterocycles. The molecule has 0 bridgehead atoms. The topological polar surface area (TPSA) is 69.7 Å². The van der Waals surface area contributed by atoms with Gasteiger partial charge >= 0.3 is 6.36 Å². The van der Waals surface area contributed by atoms with Gasteiger partial charge in [0, 0.05) is 11.8 Å². The number of nitrogens with zero attached hydrogens (tertiary/aromatic N) is 3. The van der Waals surface area contributed by atoms with Crippen molar-refractivity contribution in [3.63, 3.8) is 0 Å². The summed E-state index contributed by atoms with van der Waals surface area (Å²) in [5.74, 6) is -0.617. The van der Waals surface area contributed by atoms with Crippen LogP contribution >= 0.6 is 0 Å². The number of aromatic nitrogens is 1. The molecule has 1 aromatic rings. The van der Waals surface area contributed by atoms with Crippen LogP contribution in [0.2, 0.25) is 0 Å². The largest absolute Gasteiger partial charge is 0.573 e. The fraction of sp³-hybridized carbons (Fsp3) is 0.222. The minimum atomic E-state index is -4.88. The number of rotatable bonds is 2. The monoisotopic (exact) mass is 227 g/mol. The van der Waals surface area contributed by atoms with Crippen molar-refractivity contribution in [1.29, 1.82) is 10.5 Å². The van der Waals surface area contributed by atoms with E-state index in [1.165, 1.54) is 0 Å². The van der Waals surface area contributed by atoms with Crippen molar-refractivity contribution < 1.29 is 17.9 Å². The van der Waals surface area contributed by atoms with Crippen molar-refractivity contribution in [2.24, 2.45) is 0 Å². The van der Waals surface area contributed by atoms with Crippen molar-refractivity contribution in [3.05, 3.63) is 23.5 Å². The lowest BCUT2D eigenvalue weighted by atomic mass is 10.1. The van der Waals surface area contributed by atoms with Crippen molar-refractivity contribution in [2.45, 2.75) is 12.8 Å². The summed E-state index contributed by atoms with van der Waals surface area (Å²) in [5.41, 5.74) is -0.222. The van der Waals surface area contributed by atoms with Crippen molar-refractivity contribution in [1.82, 2.24) is 4.98 Å². The SMILES string of the molecule is N#CCc1c(C#N)cncc1OC(F)(F)F. The number of hydrogen-bond donors (Lipinski definition) is 0. The minimum Gasteiger partial charge on any atom is -0.404 e. The molecule has 16 heavy (non-hydrogen) atoms. The standard InChI is InChI=1S/C9H4F3N3O/c10-9(11,12)16-8-5-15-4-6(3-14)7(8)1-2-13/h4-5H,1H2. The van der Waals surface area contributed by atoms with Gasteiger partial charge in [-0.05, 0) is 0 Å². The zero-order chi connectivity index (χ0) is 12.2. The Balaban J connectivity index is 3.19. The molecule has 0 atom stereocenters. The highest BCUT2D eigenvalue weighted by Crippen LogP contribution is 2.27. The maximum Gasteiger partial charge on any atom is 0.573 e. The lowest BCUT2D eigenvalue weighted by Crippen LogP contribution is -2.18. The van der Waals surface area contributed by atoms with Gasteiger partial charge in [-0.3, -0.25) is 4.98 Å². The minimum absolute atomic E-state index is 0.108. The molecule has 0 fully saturated rings. The van der Waals surface area contributed by atoms with E-state index in [-0.39, 0.29) is 17.5 Å². The molecule has 0 amide bonds. The Morgan fingerprint density at radius 3 is 2.50 bits per heavy atom. The molecular weight excluding hydrogens is 223 g/mol. The Hall–Kier alpha value is -2.28. The van der Waals surface area contributed by atoms with Gasteiger partial charge in [0.15, 0.2) is 5.75 Å². The summed E-state index contributed by atoms with van der Waals surface area (Å²) in [6.07, 6.45) is -3.33. The number of nitriles is 2. The molecule has 1 rings (SSSR count). The Morgan fingerprint density at radius 1 is 1.31 bits per heavy atom. The highest BCUT2D eigenvalue weighted by Gasteiger charge is 2.32. The van der Waals surface area contributed by atoms with Crippen LogP contribution in [-0.2, 0) is 6.42 Å². The number of alkyl halides is 3. The van der Waals surface area contributed by atoms with Gasteiger partial charge in [-0.1, -0.05) is 0 Å². The molecule has 7 heteroatoms. The van der Waals surface area contributed by atoms with Gasteiger partial charge in [0.25, 0.3) is 0 Å². The summed E-state index contributed by atoms with van der Waals surface area (Å²) >= 11 is 0. The van der Waals surface area contributed by atoms with Crippen LogP contribution in [0.15, 0.2) is 12.4 Å². The number of ether oxygens (including phenoxy) is 1. The van der Waals surface area contributed by atoms with Crippen molar-refractivity contribution >= 4 is 0 Å². The first-order chi connectivity index (χ1) is 7.48. The first-order valence-corrected chi connectivity index (χ1v) is 3.97. The van der Waals surface area contributed by atoms with E-state index >= 15 is 0 Å². The van der Waals surface area contributed by atoms with E-state index in [1.54, 1.807) is 12.1 Å². The average molecular weight is 227 g/mol. The zero-order valence-electron chi connectivity index (χ0n) is 7.75. The van der Waals surface area contributed by atoms with Gasteiger partial charge < -0.3 is 4.74 Å². The molecule has 1 aromatic heterocycles. The summed E-state index contributed by atoms with van der Waals surface area (Å²) in [4.78, 5) is 3.43. The van der Waals surface area contributed by atoms with Crippen LogP contribution in [0, 0.1) is 22.7 Å². The molecule has 0 radical (unpaired) electrons. The second-order valence-corrected chi connectivity index (χ2v) is 2.66. The molecule has 0 unspecified atom stereocenters. The van der Waals surface area contributed by atoms with Crippen molar-refractivity contribution in [3.8, 4) is 17.9 Å². The fourth-order valence-electron chi connectivity index (χ4n) is 1.04. The van der Waals surface area contributed by atoms with Crippen LogP contribution in [0.25, 0.3) is 0 Å². The van der Waals surface area contributed by atoms with Crippen molar-refractivity contribution in [2.75, 3.05) is 0 Å². The molecule has 0 saturated heterocycles. The molecule has 82 valence electrons. The molecule has 1 heterocycles. The number of halogens is 3. The number of hydrogen-bond acceptors (Lipinski definition) is 4. The Labute approximate surface area is 88.5 Å². The van der Waals surface area contributed by atoms with E-state index in [2.05, 4.69) is 9.72 Å². The normalized spacial score (nSPS) is 10.3. The Kier molecular flexibility index (Phi) is 3.31. The van der Waals surface area contributed by atoms with E-state index in [9.17, 15) is 13.2 Å². The van der Waals surface area contributed by atoms with Crippen LogP contribution in [0.1, 0.15) is 11.1 Å². The van der Waals surface area contributed by atoms with Crippen LogP contribution < -0.4 is 4.74 Å². The fourth-order valence-corrected chi connectivity index (χ4v) is 1.04. The Bertz CT molecular complexity index is 470. The summed E-state index contributed by atoms with van der Waals surface area (Å²) in [6.45, 7) is 0. The third kappa shape index (κ3) is 2.85. The highest BCUT2D eigenvalue weighted by molar-refractivity contribution is 5.45. The number of pyridine rings is 1. The molecule has 0 aliphatic rings. The molecule has 0 spiro atoms. The lowest BCUT2D eigenvalue weighted by molar-refractivity contribution is -0.275. The second kappa shape index (κ2) is 4.49. The zero-order valence-corrected chi connectivity index (χ0v) is 7.75. The Morgan fingerprint density at radius 2 is 2.00 bits per heavy atom. The van der Waals surface area contributed by atoms with Crippen LogP contribution in [-0.4, -0.2) is 11.3 Å². The first-order valence-electron chi connectivity index (χ1n) is 3.97. The van der Waals surface area contributed by atoms with E-state index in [0.717, 1.165) is 12.4 Å². The smallest absolute Gasteiger partial charge is 0.404 e. The van der Waals surface area contributed by atoms with Gasteiger partial charge in [0.2, 0.25) is 0 Å². The average Bonchev–Trinajstić information content (AvgIpc) is 2.18.